The molecule has 0 saturated carbocycles. The predicted molar refractivity (Wildman–Crippen MR) is 77.5 cm³/mol. The Morgan fingerprint density at radius 2 is 1.80 bits per heavy atom. The van der Waals surface area contributed by atoms with Gasteiger partial charge in [0.1, 0.15) is 0 Å². The SMILES string of the molecule is CCCCCCC(C)c1cccc(C(=O)O)c1C(=O)O. The lowest BCUT2D eigenvalue weighted by Crippen LogP contribution is -2.13. The van der Waals surface area contributed by atoms with Crippen LogP contribution < -0.4 is 0 Å². The molecule has 4 heteroatoms. The number of rotatable bonds is 8. The molecule has 1 atom stereocenters. The zero-order valence-electron chi connectivity index (χ0n) is 12.1. The molecule has 0 aromatic heterocycles. The Bertz CT molecular complexity index is 479. The zero-order chi connectivity index (χ0) is 15.1. The summed E-state index contributed by atoms with van der Waals surface area (Å²) in [6.45, 7) is 4.10. The van der Waals surface area contributed by atoms with Crippen LogP contribution in [-0.4, -0.2) is 22.2 Å². The fourth-order valence-corrected chi connectivity index (χ4v) is 2.43. The van der Waals surface area contributed by atoms with E-state index in [4.69, 9.17) is 5.11 Å². The standard InChI is InChI=1S/C16H22O4/c1-3-4-5-6-8-11(2)12-9-7-10-13(15(17)18)14(12)16(19)20/h7,9-11H,3-6,8H2,1-2H3,(H,17,18)(H,19,20). The second kappa shape index (κ2) is 7.68. The second-order valence-corrected chi connectivity index (χ2v) is 5.13. The highest BCUT2D eigenvalue weighted by molar-refractivity contribution is 6.02. The van der Waals surface area contributed by atoms with Crippen LogP contribution in [0.3, 0.4) is 0 Å². The fraction of sp³-hybridized carbons (Fsp3) is 0.500. The van der Waals surface area contributed by atoms with E-state index in [-0.39, 0.29) is 17.0 Å². The molecule has 0 aliphatic carbocycles. The summed E-state index contributed by atoms with van der Waals surface area (Å²) in [7, 11) is 0. The van der Waals surface area contributed by atoms with Gasteiger partial charge in [-0.15, -0.1) is 0 Å². The van der Waals surface area contributed by atoms with E-state index in [1.54, 1.807) is 12.1 Å². The van der Waals surface area contributed by atoms with Crippen LogP contribution in [0.15, 0.2) is 18.2 Å². The first-order valence-electron chi connectivity index (χ1n) is 7.08. The van der Waals surface area contributed by atoms with Crippen molar-refractivity contribution >= 4 is 11.9 Å². The van der Waals surface area contributed by atoms with Crippen molar-refractivity contribution in [3.05, 3.63) is 34.9 Å². The first-order chi connectivity index (χ1) is 9.49. The van der Waals surface area contributed by atoms with E-state index >= 15 is 0 Å². The average molecular weight is 278 g/mol. The molecule has 0 amide bonds. The first kappa shape index (κ1) is 16.2. The Kier molecular flexibility index (Phi) is 6.22. The molecule has 4 nitrogen and oxygen atoms in total. The normalized spacial score (nSPS) is 12.1. The van der Waals surface area contributed by atoms with Crippen molar-refractivity contribution < 1.29 is 19.8 Å². The van der Waals surface area contributed by atoms with Crippen molar-refractivity contribution in [3.8, 4) is 0 Å². The van der Waals surface area contributed by atoms with Gasteiger partial charge >= 0.3 is 11.9 Å². The van der Waals surface area contributed by atoms with Gasteiger partial charge in [0.15, 0.2) is 0 Å². The van der Waals surface area contributed by atoms with Crippen LogP contribution >= 0.6 is 0 Å². The first-order valence-corrected chi connectivity index (χ1v) is 7.08. The monoisotopic (exact) mass is 278 g/mol. The van der Waals surface area contributed by atoms with Gasteiger partial charge in [-0.25, -0.2) is 9.59 Å². The second-order valence-electron chi connectivity index (χ2n) is 5.13. The highest BCUT2D eigenvalue weighted by Crippen LogP contribution is 2.27. The number of aromatic carboxylic acids is 2. The van der Waals surface area contributed by atoms with Gasteiger partial charge < -0.3 is 10.2 Å². The quantitative estimate of drug-likeness (QED) is 0.700. The van der Waals surface area contributed by atoms with Crippen LogP contribution in [-0.2, 0) is 0 Å². The molecule has 0 aliphatic rings. The van der Waals surface area contributed by atoms with Crippen LogP contribution in [0.4, 0.5) is 0 Å². The van der Waals surface area contributed by atoms with E-state index < -0.39 is 11.9 Å². The molecule has 1 rings (SSSR count). The van der Waals surface area contributed by atoms with Gasteiger partial charge in [-0.05, 0) is 24.0 Å². The lowest BCUT2D eigenvalue weighted by Gasteiger charge is -2.16. The van der Waals surface area contributed by atoms with Gasteiger partial charge in [0.2, 0.25) is 0 Å². The number of unbranched alkanes of at least 4 members (excludes halogenated alkanes) is 3. The molecule has 2 N–H and O–H groups in total. The summed E-state index contributed by atoms with van der Waals surface area (Å²) >= 11 is 0. The van der Waals surface area contributed by atoms with E-state index in [0.717, 1.165) is 25.7 Å². The largest absolute Gasteiger partial charge is 0.478 e. The third kappa shape index (κ3) is 4.08. The molecule has 0 radical (unpaired) electrons. The maximum atomic E-state index is 11.4. The third-order valence-electron chi connectivity index (χ3n) is 3.56. The maximum Gasteiger partial charge on any atom is 0.336 e. The average Bonchev–Trinajstić information content (AvgIpc) is 2.42. The summed E-state index contributed by atoms with van der Waals surface area (Å²) in [6.07, 6.45) is 5.37. The molecule has 110 valence electrons. The summed E-state index contributed by atoms with van der Waals surface area (Å²) < 4.78 is 0. The minimum atomic E-state index is -1.19. The topological polar surface area (TPSA) is 74.6 Å². The molecule has 0 spiro atoms. The Labute approximate surface area is 119 Å². The fourth-order valence-electron chi connectivity index (χ4n) is 2.43. The number of carboxylic acids is 2. The van der Waals surface area contributed by atoms with E-state index in [9.17, 15) is 14.7 Å². The van der Waals surface area contributed by atoms with Gasteiger partial charge in [-0.3, -0.25) is 0 Å². The molecule has 1 unspecified atom stereocenters. The smallest absolute Gasteiger partial charge is 0.336 e. The molecule has 1 aromatic rings. The van der Waals surface area contributed by atoms with Crippen LogP contribution in [0.1, 0.15) is 78.1 Å². The lowest BCUT2D eigenvalue weighted by atomic mass is 9.88. The zero-order valence-corrected chi connectivity index (χ0v) is 12.1. The Balaban J connectivity index is 2.96. The number of carboxylic acid groups (broad SMARTS) is 2. The van der Waals surface area contributed by atoms with E-state index in [0.29, 0.717) is 5.56 Å². The number of benzene rings is 1. The summed E-state index contributed by atoms with van der Waals surface area (Å²) in [5.74, 6) is -2.31. The van der Waals surface area contributed by atoms with Gasteiger partial charge in [-0.2, -0.15) is 0 Å². The highest BCUT2D eigenvalue weighted by Gasteiger charge is 2.22. The van der Waals surface area contributed by atoms with Gasteiger partial charge in [0, 0.05) is 0 Å². The molecule has 0 heterocycles. The van der Waals surface area contributed by atoms with Gasteiger partial charge in [-0.1, -0.05) is 51.7 Å². The summed E-state index contributed by atoms with van der Waals surface area (Å²) in [5, 5.41) is 18.4. The lowest BCUT2D eigenvalue weighted by molar-refractivity contribution is 0.0650. The van der Waals surface area contributed by atoms with Crippen LogP contribution in [0, 0.1) is 0 Å². The molecule has 1 aromatic carbocycles. The van der Waals surface area contributed by atoms with Crippen molar-refractivity contribution in [2.45, 2.75) is 51.9 Å². The van der Waals surface area contributed by atoms with Gasteiger partial charge in [0.25, 0.3) is 0 Å². The van der Waals surface area contributed by atoms with Gasteiger partial charge in [0.05, 0.1) is 11.1 Å². The molecule has 0 saturated heterocycles. The van der Waals surface area contributed by atoms with Crippen LogP contribution in [0.5, 0.6) is 0 Å². The summed E-state index contributed by atoms with van der Waals surface area (Å²) in [5.41, 5.74) is 0.423. The molecular weight excluding hydrogens is 256 g/mol. The number of hydrogen-bond acceptors (Lipinski definition) is 2. The molecule has 20 heavy (non-hydrogen) atoms. The predicted octanol–water partition coefficient (Wildman–Crippen LogP) is 4.16. The van der Waals surface area contributed by atoms with Crippen molar-refractivity contribution in [1.82, 2.24) is 0 Å². The summed E-state index contributed by atoms with van der Waals surface area (Å²) in [4.78, 5) is 22.5. The highest BCUT2D eigenvalue weighted by atomic mass is 16.4. The molecule has 0 fully saturated rings. The number of hydrogen-bond donors (Lipinski definition) is 2. The summed E-state index contributed by atoms with van der Waals surface area (Å²) in [6, 6.07) is 4.69. The van der Waals surface area contributed by atoms with E-state index in [1.807, 2.05) is 6.92 Å². The van der Waals surface area contributed by atoms with Crippen molar-refractivity contribution in [1.29, 1.82) is 0 Å². The van der Waals surface area contributed by atoms with Crippen molar-refractivity contribution in [2.75, 3.05) is 0 Å². The third-order valence-corrected chi connectivity index (χ3v) is 3.56. The minimum absolute atomic E-state index is 0.0530. The van der Waals surface area contributed by atoms with Crippen LogP contribution in [0.2, 0.25) is 0 Å². The molecular formula is C16H22O4. The number of carbonyl (C=O) groups is 2. The molecule has 0 aliphatic heterocycles. The van der Waals surface area contributed by atoms with Crippen molar-refractivity contribution in [3.63, 3.8) is 0 Å². The Morgan fingerprint density at radius 1 is 1.10 bits per heavy atom. The van der Waals surface area contributed by atoms with E-state index in [1.165, 1.54) is 12.5 Å². The van der Waals surface area contributed by atoms with E-state index in [2.05, 4.69) is 6.92 Å². The maximum absolute atomic E-state index is 11.4. The Hall–Kier alpha value is -1.84. The molecule has 0 bridgehead atoms. The Morgan fingerprint density at radius 3 is 2.35 bits per heavy atom. The van der Waals surface area contributed by atoms with Crippen molar-refractivity contribution in [2.24, 2.45) is 0 Å². The van der Waals surface area contributed by atoms with Crippen LogP contribution in [0.25, 0.3) is 0 Å². The minimum Gasteiger partial charge on any atom is -0.478 e.